The van der Waals surface area contributed by atoms with Crippen molar-refractivity contribution in [1.29, 1.82) is 0 Å². The van der Waals surface area contributed by atoms with E-state index in [2.05, 4.69) is 4.98 Å². The van der Waals surface area contributed by atoms with Crippen LogP contribution in [0.4, 0.5) is 17.3 Å². The Hall–Kier alpha value is -2.97. The Morgan fingerprint density at radius 3 is 2.24 bits per heavy atom. The van der Waals surface area contributed by atoms with Crippen molar-refractivity contribution < 1.29 is 4.92 Å². The molecular weight excluding hydrogens is 278 g/mol. The third-order valence-corrected chi connectivity index (χ3v) is 3.10. The maximum Gasteiger partial charge on any atom is 0.354 e. The standard InChI is InChI=1S/C12H13N5O4/c1-14(8-4-6-9(7-5-8)17(20)21)10-13-11(18)16(3)12(19)15(10)2/h4-7H,1-3H3. The number of anilines is 2. The average molecular weight is 291 g/mol. The number of non-ortho nitro benzene ring substituents is 1. The van der Waals surface area contributed by atoms with E-state index in [1.165, 1.54) is 47.8 Å². The number of benzene rings is 1. The fraction of sp³-hybridized carbons (Fsp3) is 0.250. The summed E-state index contributed by atoms with van der Waals surface area (Å²) in [5.74, 6) is 0.150. The summed E-state index contributed by atoms with van der Waals surface area (Å²) < 4.78 is 2.12. The van der Waals surface area contributed by atoms with Gasteiger partial charge in [0, 0.05) is 39.0 Å². The van der Waals surface area contributed by atoms with Crippen LogP contribution >= 0.6 is 0 Å². The van der Waals surface area contributed by atoms with Crippen molar-refractivity contribution in [1.82, 2.24) is 14.1 Å². The van der Waals surface area contributed by atoms with E-state index in [-0.39, 0.29) is 11.6 Å². The van der Waals surface area contributed by atoms with Crippen molar-refractivity contribution >= 4 is 17.3 Å². The summed E-state index contributed by atoms with van der Waals surface area (Å²) in [6.07, 6.45) is 0. The summed E-state index contributed by atoms with van der Waals surface area (Å²) >= 11 is 0. The van der Waals surface area contributed by atoms with Gasteiger partial charge in [-0.3, -0.25) is 14.7 Å². The molecule has 0 saturated carbocycles. The largest absolute Gasteiger partial charge is 0.354 e. The molecule has 0 bridgehead atoms. The number of nitro groups is 1. The van der Waals surface area contributed by atoms with Crippen molar-refractivity contribution in [2.24, 2.45) is 14.1 Å². The molecule has 2 aromatic rings. The highest BCUT2D eigenvalue weighted by Gasteiger charge is 2.14. The van der Waals surface area contributed by atoms with Crippen molar-refractivity contribution in [3.8, 4) is 0 Å². The Bertz CT molecular complexity index is 806. The average Bonchev–Trinajstić information content (AvgIpc) is 2.48. The number of aromatic nitrogens is 3. The first-order valence-electron chi connectivity index (χ1n) is 5.95. The molecular formula is C12H13N5O4. The minimum absolute atomic E-state index is 0.0435. The second kappa shape index (κ2) is 5.19. The van der Waals surface area contributed by atoms with Crippen LogP contribution in [0.15, 0.2) is 33.9 Å². The van der Waals surface area contributed by atoms with E-state index in [9.17, 15) is 19.7 Å². The van der Waals surface area contributed by atoms with Crippen LogP contribution in [0.5, 0.6) is 0 Å². The lowest BCUT2D eigenvalue weighted by atomic mass is 10.2. The van der Waals surface area contributed by atoms with Crippen LogP contribution in [0.2, 0.25) is 0 Å². The Balaban J connectivity index is 2.50. The Kier molecular flexibility index (Phi) is 3.57. The van der Waals surface area contributed by atoms with E-state index < -0.39 is 16.3 Å². The van der Waals surface area contributed by atoms with Gasteiger partial charge in [-0.1, -0.05) is 0 Å². The van der Waals surface area contributed by atoms with Gasteiger partial charge >= 0.3 is 11.4 Å². The molecule has 0 aliphatic rings. The first kappa shape index (κ1) is 14.4. The first-order valence-corrected chi connectivity index (χ1v) is 5.95. The predicted octanol–water partition coefficient (Wildman–Crippen LogP) is 0.155. The second-order valence-electron chi connectivity index (χ2n) is 4.43. The van der Waals surface area contributed by atoms with Gasteiger partial charge < -0.3 is 4.90 Å². The maximum atomic E-state index is 11.9. The smallest absolute Gasteiger partial charge is 0.315 e. The van der Waals surface area contributed by atoms with Gasteiger partial charge in [0.25, 0.3) is 5.69 Å². The number of rotatable bonds is 3. The summed E-state index contributed by atoms with van der Waals surface area (Å²) in [6.45, 7) is 0. The van der Waals surface area contributed by atoms with Gasteiger partial charge in [0.2, 0.25) is 5.95 Å². The summed E-state index contributed by atoms with van der Waals surface area (Å²) in [5, 5.41) is 10.6. The molecule has 0 fully saturated rings. The normalized spacial score (nSPS) is 10.4. The highest BCUT2D eigenvalue weighted by atomic mass is 16.6. The first-order chi connectivity index (χ1) is 9.82. The highest BCUT2D eigenvalue weighted by Crippen LogP contribution is 2.22. The number of hydrogen-bond acceptors (Lipinski definition) is 6. The molecule has 0 radical (unpaired) electrons. The van der Waals surface area contributed by atoms with Gasteiger partial charge in [-0.15, -0.1) is 0 Å². The van der Waals surface area contributed by atoms with E-state index in [1.54, 1.807) is 7.05 Å². The minimum atomic E-state index is -0.665. The van der Waals surface area contributed by atoms with Crippen molar-refractivity contribution in [2.45, 2.75) is 0 Å². The van der Waals surface area contributed by atoms with Crippen LogP contribution in [-0.4, -0.2) is 26.1 Å². The van der Waals surface area contributed by atoms with Crippen LogP contribution in [-0.2, 0) is 14.1 Å². The molecule has 0 N–H and O–H groups in total. The van der Waals surface area contributed by atoms with E-state index >= 15 is 0 Å². The summed E-state index contributed by atoms with van der Waals surface area (Å²) in [7, 11) is 4.45. The molecule has 0 aliphatic heterocycles. The van der Waals surface area contributed by atoms with Crippen LogP contribution in [0.3, 0.4) is 0 Å². The summed E-state index contributed by atoms with van der Waals surface area (Å²) in [4.78, 5) is 38.9. The molecule has 1 aromatic heterocycles. The highest BCUT2D eigenvalue weighted by molar-refractivity contribution is 5.58. The van der Waals surface area contributed by atoms with E-state index in [1.807, 2.05) is 0 Å². The molecule has 0 saturated heterocycles. The fourth-order valence-corrected chi connectivity index (χ4v) is 1.84. The molecule has 21 heavy (non-hydrogen) atoms. The van der Waals surface area contributed by atoms with E-state index in [0.717, 1.165) is 4.57 Å². The number of nitro benzene ring substituents is 1. The molecule has 0 aliphatic carbocycles. The van der Waals surface area contributed by atoms with Gasteiger partial charge in [0.1, 0.15) is 0 Å². The van der Waals surface area contributed by atoms with Gasteiger partial charge in [-0.05, 0) is 12.1 Å². The molecule has 1 aromatic carbocycles. The monoisotopic (exact) mass is 291 g/mol. The Labute approximate surface area is 118 Å². The lowest BCUT2D eigenvalue weighted by molar-refractivity contribution is -0.384. The molecule has 0 spiro atoms. The third-order valence-electron chi connectivity index (χ3n) is 3.10. The van der Waals surface area contributed by atoms with Crippen LogP contribution < -0.4 is 16.3 Å². The molecule has 9 nitrogen and oxygen atoms in total. The SMILES string of the molecule is CN(c1ccc([N+](=O)[O-])cc1)c1nc(=O)n(C)c(=O)n1C. The third kappa shape index (κ3) is 2.53. The lowest BCUT2D eigenvalue weighted by Crippen LogP contribution is -2.41. The zero-order valence-electron chi connectivity index (χ0n) is 11.7. The van der Waals surface area contributed by atoms with E-state index in [4.69, 9.17) is 0 Å². The molecule has 110 valence electrons. The lowest BCUT2D eigenvalue weighted by Gasteiger charge is -2.20. The van der Waals surface area contributed by atoms with Gasteiger partial charge in [0.15, 0.2) is 0 Å². The number of nitrogens with zero attached hydrogens (tertiary/aromatic N) is 5. The van der Waals surface area contributed by atoms with Crippen molar-refractivity contribution in [3.05, 3.63) is 55.3 Å². The second-order valence-corrected chi connectivity index (χ2v) is 4.43. The molecule has 2 rings (SSSR count). The van der Waals surface area contributed by atoms with Gasteiger partial charge in [-0.2, -0.15) is 4.98 Å². The Morgan fingerprint density at radius 2 is 1.71 bits per heavy atom. The quantitative estimate of drug-likeness (QED) is 0.589. The minimum Gasteiger partial charge on any atom is -0.315 e. The summed E-state index contributed by atoms with van der Waals surface area (Å²) in [6, 6.07) is 5.71. The number of hydrogen-bond donors (Lipinski definition) is 0. The van der Waals surface area contributed by atoms with Crippen molar-refractivity contribution in [3.63, 3.8) is 0 Å². The fourth-order valence-electron chi connectivity index (χ4n) is 1.84. The van der Waals surface area contributed by atoms with Crippen LogP contribution in [0, 0.1) is 10.1 Å². The molecule has 0 unspecified atom stereocenters. The zero-order chi connectivity index (χ0) is 15.7. The van der Waals surface area contributed by atoms with Crippen LogP contribution in [0.25, 0.3) is 0 Å². The topological polar surface area (TPSA) is 103 Å². The van der Waals surface area contributed by atoms with Gasteiger partial charge in [-0.25, -0.2) is 14.2 Å². The van der Waals surface area contributed by atoms with Gasteiger partial charge in [0.05, 0.1) is 4.92 Å². The maximum absolute atomic E-state index is 11.9. The summed E-state index contributed by atoms with van der Waals surface area (Å²) in [5.41, 5.74) is -0.644. The molecule has 0 amide bonds. The molecule has 1 heterocycles. The van der Waals surface area contributed by atoms with E-state index in [0.29, 0.717) is 5.69 Å². The van der Waals surface area contributed by atoms with Crippen LogP contribution in [0.1, 0.15) is 0 Å². The molecule has 0 atom stereocenters. The predicted molar refractivity (Wildman–Crippen MR) is 75.9 cm³/mol. The van der Waals surface area contributed by atoms with Crippen molar-refractivity contribution in [2.75, 3.05) is 11.9 Å². The zero-order valence-corrected chi connectivity index (χ0v) is 11.7. The Morgan fingerprint density at radius 1 is 1.14 bits per heavy atom. The molecule has 9 heteroatoms.